The van der Waals surface area contributed by atoms with Gasteiger partial charge in [-0.1, -0.05) is 30.3 Å². The number of rotatable bonds is 6. The third-order valence-electron chi connectivity index (χ3n) is 4.45. The summed E-state index contributed by atoms with van der Waals surface area (Å²) in [7, 11) is 1.65. The zero-order chi connectivity index (χ0) is 19.2. The van der Waals surface area contributed by atoms with Crippen LogP contribution in [0.1, 0.15) is 11.7 Å². The fourth-order valence-corrected chi connectivity index (χ4v) is 2.92. The van der Waals surface area contributed by atoms with Crippen LogP contribution < -0.4 is 10.1 Å². The Labute approximate surface area is 157 Å². The fraction of sp³-hybridized carbons (Fsp3) is 0.300. The smallest absolute Gasteiger partial charge is 0.262 e. The van der Waals surface area contributed by atoms with Crippen molar-refractivity contribution in [2.24, 2.45) is 0 Å². The molecule has 142 valence electrons. The van der Waals surface area contributed by atoms with Crippen LogP contribution >= 0.6 is 0 Å². The number of benzene rings is 2. The van der Waals surface area contributed by atoms with E-state index in [0.717, 1.165) is 5.56 Å². The summed E-state index contributed by atoms with van der Waals surface area (Å²) in [6, 6.07) is 15.8. The highest BCUT2D eigenvalue weighted by Gasteiger charge is 2.34. The quantitative estimate of drug-likeness (QED) is 0.806. The van der Waals surface area contributed by atoms with Crippen molar-refractivity contribution in [3.63, 3.8) is 0 Å². The summed E-state index contributed by atoms with van der Waals surface area (Å²) in [6.07, 6.45) is -0.413. The molecule has 1 aliphatic rings. The molecular weight excluding hydrogens is 348 g/mol. The van der Waals surface area contributed by atoms with Crippen molar-refractivity contribution in [2.45, 2.75) is 12.1 Å². The van der Waals surface area contributed by atoms with Gasteiger partial charge in [0.2, 0.25) is 5.91 Å². The first kappa shape index (κ1) is 18.9. The van der Waals surface area contributed by atoms with Gasteiger partial charge in [-0.2, -0.15) is 0 Å². The summed E-state index contributed by atoms with van der Waals surface area (Å²) in [6.45, 7) is -0.299. The molecule has 2 aromatic rings. The second-order valence-corrected chi connectivity index (χ2v) is 6.26. The zero-order valence-electron chi connectivity index (χ0n) is 15.0. The number of amides is 2. The van der Waals surface area contributed by atoms with E-state index >= 15 is 0 Å². The van der Waals surface area contributed by atoms with Crippen molar-refractivity contribution in [3.8, 4) is 5.75 Å². The number of likely N-dealkylation sites (N-methyl/N-ethyl adjacent to an activating group) is 1. The van der Waals surface area contributed by atoms with Crippen molar-refractivity contribution < 1.29 is 24.2 Å². The molecule has 3 rings (SSSR count). The zero-order valence-corrected chi connectivity index (χ0v) is 15.0. The van der Waals surface area contributed by atoms with Crippen LogP contribution in [0.25, 0.3) is 0 Å². The predicted molar refractivity (Wildman–Crippen MR) is 99.3 cm³/mol. The SMILES string of the molecule is CN1C(=O)CO[C@H](c2ccc(NC(=O)COc3ccccc3)cc2)[C@H]1CO. The molecule has 2 aromatic carbocycles. The van der Waals surface area contributed by atoms with E-state index in [1.807, 2.05) is 30.3 Å². The summed E-state index contributed by atoms with van der Waals surface area (Å²) in [4.78, 5) is 25.2. The van der Waals surface area contributed by atoms with E-state index in [1.54, 1.807) is 31.3 Å². The lowest BCUT2D eigenvalue weighted by molar-refractivity contribution is -0.157. The van der Waals surface area contributed by atoms with E-state index in [9.17, 15) is 14.7 Å². The van der Waals surface area contributed by atoms with Gasteiger partial charge in [0.25, 0.3) is 5.91 Å². The number of ether oxygens (including phenoxy) is 2. The average molecular weight is 370 g/mol. The molecule has 7 heteroatoms. The van der Waals surface area contributed by atoms with Gasteiger partial charge in [-0.15, -0.1) is 0 Å². The number of hydrogen-bond acceptors (Lipinski definition) is 5. The summed E-state index contributed by atoms with van der Waals surface area (Å²) in [5, 5.41) is 12.4. The van der Waals surface area contributed by atoms with E-state index in [4.69, 9.17) is 9.47 Å². The number of aliphatic hydroxyl groups is 1. The summed E-state index contributed by atoms with van der Waals surface area (Å²) in [5.74, 6) is 0.206. The molecule has 2 N–H and O–H groups in total. The third kappa shape index (κ3) is 4.64. The number of morpholine rings is 1. The van der Waals surface area contributed by atoms with Crippen molar-refractivity contribution >= 4 is 17.5 Å². The second kappa shape index (κ2) is 8.66. The van der Waals surface area contributed by atoms with Crippen LogP contribution in [0.3, 0.4) is 0 Å². The van der Waals surface area contributed by atoms with Crippen LogP contribution in [0.15, 0.2) is 54.6 Å². The highest BCUT2D eigenvalue weighted by atomic mass is 16.5. The molecular formula is C20H22N2O5. The van der Waals surface area contributed by atoms with E-state index in [1.165, 1.54) is 4.90 Å². The van der Waals surface area contributed by atoms with Crippen molar-refractivity contribution in [2.75, 3.05) is 32.2 Å². The molecule has 2 amide bonds. The van der Waals surface area contributed by atoms with E-state index < -0.39 is 12.1 Å². The highest BCUT2D eigenvalue weighted by molar-refractivity contribution is 5.91. The second-order valence-electron chi connectivity index (χ2n) is 6.26. The first-order valence-electron chi connectivity index (χ1n) is 8.64. The Balaban J connectivity index is 1.58. The fourth-order valence-electron chi connectivity index (χ4n) is 2.92. The van der Waals surface area contributed by atoms with Crippen molar-refractivity contribution in [1.82, 2.24) is 4.90 Å². The molecule has 0 unspecified atom stereocenters. The van der Waals surface area contributed by atoms with Crippen LogP contribution in [0.4, 0.5) is 5.69 Å². The Morgan fingerprint density at radius 3 is 2.59 bits per heavy atom. The largest absolute Gasteiger partial charge is 0.484 e. The lowest BCUT2D eigenvalue weighted by Gasteiger charge is -2.38. The Bertz CT molecular complexity index is 779. The molecule has 2 atom stereocenters. The Kier molecular flexibility index (Phi) is 6.05. The number of nitrogens with one attached hydrogen (secondary N) is 1. The Morgan fingerprint density at radius 1 is 1.22 bits per heavy atom. The van der Waals surface area contributed by atoms with Gasteiger partial charge in [-0.3, -0.25) is 9.59 Å². The lowest BCUT2D eigenvalue weighted by Crippen LogP contribution is -2.50. The van der Waals surface area contributed by atoms with Gasteiger partial charge in [-0.25, -0.2) is 0 Å². The third-order valence-corrected chi connectivity index (χ3v) is 4.45. The maximum atomic E-state index is 12.0. The van der Waals surface area contributed by atoms with Crippen LogP contribution in [-0.4, -0.2) is 54.7 Å². The number of anilines is 1. The number of para-hydroxylation sites is 1. The number of carbonyl (C=O) groups excluding carboxylic acids is 2. The Hall–Kier alpha value is -2.90. The first-order chi connectivity index (χ1) is 13.1. The number of nitrogens with zero attached hydrogens (tertiary/aromatic N) is 1. The summed E-state index contributed by atoms with van der Waals surface area (Å²) in [5.41, 5.74) is 1.45. The molecule has 0 aromatic heterocycles. The standard InChI is InChI=1S/C20H22N2O5/c1-22-17(11-23)20(27-13-19(22)25)14-7-9-15(10-8-14)21-18(24)12-26-16-5-3-2-4-6-16/h2-10,17,20,23H,11-13H2,1H3,(H,21,24)/t17-,20-/m1/s1. The predicted octanol–water partition coefficient (Wildman–Crippen LogP) is 1.59. The minimum atomic E-state index is -0.439. The lowest BCUT2D eigenvalue weighted by atomic mass is 9.99. The van der Waals surface area contributed by atoms with E-state index in [2.05, 4.69) is 5.32 Å². The average Bonchev–Trinajstić information content (AvgIpc) is 2.70. The molecule has 0 saturated carbocycles. The number of aliphatic hydroxyl groups excluding tert-OH is 1. The first-order valence-corrected chi connectivity index (χ1v) is 8.64. The molecule has 1 fully saturated rings. The molecule has 1 saturated heterocycles. The monoisotopic (exact) mass is 370 g/mol. The maximum absolute atomic E-state index is 12.0. The molecule has 0 bridgehead atoms. The molecule has 1 heterocycles. The molecule has 1 aliphatic heterocycles. The van der Waals surface area contributed by atoms with Gasteiger partial charge in [0, 0.05) is 12.7 Å². The number of hydrogen-bond donors (Lipinski definition) is 2. The molecule has 7 nitrogen and oxygen atoms in total. The molecule has 0 aliphatic carbocycles. The van der Waals surface area contributed by atoms with Gasteiger partial charge in [0.1, 0.15) is 18.5 Å². The number of carbonyl (C=O) groups is 2. The Morgan fingerprint density at radius 2 is 1.93 bits per heavy atom. The minimum Gasteiger partial charge on any atom is -0.484 e. The van der Waals surface area contributed by atoms with E-state index in [0.29, 0.717) is 11.4 Å². The van der Waals surface area contributed by atoms with Gasteiger partial charge >= 0.3 is 0 Å². The molecule has 27 heavy (non-hydrogen) atoms. The minimum absolute atomic E-state index is 0.0209. The van der Waals surface area contributed by atoms with Gasteiger partial charge < -0.3 is 24.8 Å². The summed E-state index contributed by atoms with van der Waals surface area (Å²) < 4.78 is 11.0. The molecule has 0 spiro atoms. The van der Waals surface area contributed by atoms with Crippen LogP contribution in [0, 0.1) is 0 Å². The van der Waals surface area contributed by atoms with Gasteiger partial charge in [0.15, 0.2) is 6.61 Å². The van der Waals surface area contributed by atoms with Crippen molar-refractivity contribution in [3.05, 3.63) is 60.2 Å². The normalized spacial score (nSPS) is 19.6. The topological polar surface area (TPSA) is 88.1 Å². The van der Waals surface area contributed by atoms with Gasteiger partial charge in [0.05, 0.1) is 12.6 Å². The maximum Gasteiger partial charge on any atom is 0.262 e. The van der Waals surface area contributed by atoms with Crippen LogP contribution in [0.5, 0.6) is 5.75 Å². The van der Waals surface area contributed by atoms with Crippen LogP contribution in [0.2, 0.25) is 0 Å². The van der Waals surface area contributed by atoms with Crippen LogP contribution in [-0.2, 0) is 14.3 Å². The highest BCUT2D eigenvalue weighted by Crippen LogP contribution is 2.28. The molecule has 0 radical (unpaired) electrons. The van der Waals surface area contributed by atoms with Gasteiger partial charge in [-0.05, 0) is 29.8 Å². The van der Waals surface area contributed by atoms with Crippen molar-refractivity contribution in [1.29, 1.82) is 0 Å². The van der Waals surface area contributed by atoms with E-state index in [-0.39, 0.29) is 31.6 Å². The summed E-state index contributed by atoms with van der Waals surface area (Å²) >= 11 is 0.